The Morgan fingerprint density at radius 3 is 2.57 bits per heavy atom. The van der Waals surface area contributed by atoms with Gasteiger partial charge in [0.05, 0.1) is 11.4 Å². The van der Waals surface area contributed by atoms with E-state index in [0.717, 1.165) is 4.88 Å². The van der Waals surface area contributed by atoms with Crippen LogP contribution in [-0.4, -0.2) is 25.7 Å². The molecule has 0 aliphatic carbocycles. The van der Waals surface area contributed by atoms with Gasteiger partial charge in [-0.15, -0.1) is 11.3 Å². The van der Waals surface area contributed by atoms with E-state index < -0.39 is 10.0 Å². The molecule has 0 saturated carbocycles. The van der Waals surface area contributed by atoms with E-state index in [9.17, 15) is 8.42 Å². The molecule has 6 nitrogen and oxygen atoms in total. The number of thiophene rings is 1. The van der Waals surface area contributed by atoms with E-state index in [-0.39, 0.29) is 4.90 Å². The number of H-pyrrole nitrogens is 1. The van der Waals surface area contributed by atoms with Gasteiger partial charge in [0.15, 0.2) is 0 Å². The summed E-state index contributed by atoms with van der Waals surface area (Å²) in [6, 6.07) is 2.01. The second kappa shape index (κ2) is 6.27. The molecule has 0 radical (unpaired) electrons. The number of sulfonamides is 1. The van der Waals surface area contributed by atoms with E-state index in [1.807, 2.05) is 19.9 Å². The topological polar surface area (TPSA) is 86.9 Å². The SMILES string of the molecule is CNCc1n[nH]c(C)c1S(=O)(=O)NCc1cc(C)c(C)s1. The van der Waals surface area contributed by atoms with Crippen LogP contribution in [0.25, 0.3) is 0 Å². The lowest BCUT2D eigenvalue weighted by molar-refractivity contribution is 0.579. The maximum absolute atomic E-state index is 12.5. The summed E-state index contributed by atoms with van der Waals surface area (Å²) in [7, 11) is -1.82. The molecule has 0 spiro atoms. The zero-order valence-corrected chi connectivity index (χ0v) is 14.2. The van der Waals surface area contributed by atoms with Crippen molar-refractivity contribution in [2.24, 2.45) is 0 Å². The highest BCUT2D eigenvalue weighted by Gasteiger charge is 2.23. The fourth-order valence-corrected chi connectivity index (χ4v) is 4.54. The monoisotopic (exact) mass is 328 g/mol. The van der Waals surface area contributed by atoms with Crippen LogP contribution in [0, 0.1) is 20.8 Å². The molecule has 3 N–H and O–H groups in total. The molecular formula is C13H20N4O2S2. The van der Waals surface area contributed by atoms with E-state index in [0.29, 0.717) is 24.5 Å². The summed E-state index contributed by atoms with van der Waals surface area (Å²) in [6.45, 7) is 6.46. The largest absolute Gasteiger partial charge is 0.314 e. The van der Waals surface area contributed by atoms with Crippen molar-refractivity contribution in [2.75, 3.05) is 7.05 Å². The maximum atomic E-state index is 12.5. The van der Waals surface area contributed by atoms with Crippen LogP contribution < -0.4 is 10.0 Å². The molecular weight excluding hydrogens is 308 g/mol. The Kier molecular flexibility index (Phi) is 4.82. The molecule has 0 bridgehead atoms. The van der Waals surface area contributed by atoms with Crippen molar-refractivity contribution in [1.29, 1.82) is 0 Å². The second-order valence-corrected chi connectivity index (χ2v) is 7.98. The van der Waals surface area contributed by atoms with Crippen LogP contribution >= 0.6 is 11.3 Å². The van der Waals surface area contributed by atoms with Gasteiger partial charge in [-0.25, -0.2) is 13.1 Å². The normalized spacial score (nSPS) is 12.0. The van der Waals surface area contributed by atoms with Crippen LogP contribution in [0.5, 0.6) is 0 Å². The van der Waals surface area contributed by atoms with Gasteiger partial charge in [0, 0.05) is 22.8 Å². The summed E-state index contributed by atoms with van der Waals surface area (Å²) < 4.78 is 27.6. The van der Waals surface area contributed by atoms with Gasteiger partial charge in [0.25, 0.3) is 0 Å². The first-order chi connectivity index (χ1) is 9.85. The standard InChI is InChI=1S/C13H20N4O2S2/c1-8-5-11(20-10(8)3)6-15-21(18,19)13-9(2)16-17-12(13)7-14-4/h5,14-15H,6-7H2,1-4H3,(H,16,17). The molecule has 2 rings (SSSR count). The van der Waals surface area contributed by atoms with E-state index in [1.54, 1.807) is 25.3 Å². The van der Waals surface area contributed by atoms with Crippen LogP contribution in [0.15, 0.2) is 11.0 Å². The molecule has 0 aromatic carbocycles. The Balaban J connectivity index is 2.20. The van der Waals surface area contributed by atoms with Crippen LogP contribution in [-0.2, 0) is 23.1 Å². The molecule has 0 saturated heterocycles. The third-order valence-electron chi connectivity index (χ3n) is 3.23. The van der Waals surface area contributed by atoms with E-state index in [1.165, 1.54) is 10.4 Å². The molecule has 0 aliphatic heterocycles. The third-order valence-corrected chi connectivity index (χ3v) is 5.98. The Morgan fingerprint density at radius 2 is 2.00 bits per heavy atom. The summed E-state index contributed by atoms with van der Waals surface area (Å²) in [4.78, 5) is 2.45. The van der Waals surface area contributed by atoms with Crippen molar-refractivity contribution in [2.45, 2.75) is 38.8 Å². The van der Waals surface area contributed by atoms with Crippen LogP contribution in [0.3, 0.4) is 0 Å². The van der Waals surface area contributed by atoms with Gasteiger partial charge in [-0.1, -0.05) is 0 Å². The summed E-state index contributed by atoms with van der Waals surface area (Å²) in [6.07, 6.45) is 0. The minimum absolute atomic E-state index is 0.238. The molecule has 2 aromatic rings. The lowest BCUT2D eigenvalue weighted by Gasteiger charge is -2.07. The smallest absolute Gasteiger partial charge is 0.244 e. The zero-order chi connectivity index (χ0) is 15.6. The van der Waals surface area contributed by atoms with Gasteiger partial charge < -0.3 is 5.32 Å². The number of nitrogens with one attached hydrogen (secondary N) is 3. The van der Waals surface area contributed by atoms with Crippen molar-refractivity contribution in [3.8, 4) is 0 Å². The Bertz CT molecular complexity index is 712. The number of aromatic amines is 1. The molecule has 2 heterocycles. The van der Waals surface area contributed by atoms with Gasteiger partial charge in [0.2, 0.25) is 10.0 Å². The van der Waals surface area contributed by atoms with Crippen molar-refractivity contribution < 1.29 is 8.42 Å². The number of aryl methyl sites for hydroxylation is 3. The van der Waals surface area contributed by atoms with Crippen LogP contribution in [0.2, 0.25) is 0 Å². The molecule has 0 unspecified atom stereocenters. The zero-order valence-electron chi connectivity index (χ0n) is 12.6. The predicted octanol–water partition coefficient (Wildman–Crippen LogP) is 1.59. The van der Waals surface area contributed by atoms with Crippen LogP contribution in [0.1, 0.15) is 26.7 Å². The minimum Gasteiger partial charge on any atom is -0.314 e. The summed E-state index contributed by atoms with van der Waals surface area (Å²) >= 11 is 1.61. The lowest BCUT2D eigenvalue weighted by Crippen LogP contribution is -2.25. The Morgan fingerprint density at radius 1 is 1.29 bits per heavy atom. The fourth-order valence-electron chi connectivity index (χ4n) is 2.09. The molecule has 0 amide bonds. The first-order valence-electron chi connectivity index (χ1n) is 6.59. The summed E-state index contributed by atoms with van der Waals surface area (Å²) in [5.41, 5.74) is 2.23. The van der Waals surface area contributed by atoms with Gasteiger partial charge in [-0.3, -0.25) is 5.10 Å². The molecule has 8 heteroatoms. The van der Waals surface area contributed by atoms with Crippen molar-refractivity contribution in [1.82, 2.24) is 20.2 Å². The molecule has 21 heavy (non-hydrogen) atoms. The fraction of sp³-hybridized carbons (Fsp3) is 0.462. The van der Waals surface area contributed by atoms with Gasteiger partial charge in [-0.2, -0.15) is 5.10 Å². The maximum Gasteiger partial charge on any atom is 0.244 e. The second-order valence-electron chi connectivity index (χ2n) is 4.93. The number of hydrogen-bond acceptors (Lipinski definition) is 5. The van der Waals surface area contributed by atoms with Crippen molar-refractivity contribution >= 4 is 21.4 Å². The molecule has 116 valence electrons. The van der Waals surface area contributed by atoms with E-state index in [2.05, 4.69) is 20.2 Å². The van der Waals surface area contributed by atoms with Crippen molar-refractivity contribution in [3.63, 3.8) is 0 Å². The first-order valence-corrected chi connectivity index (χ1v) is 8.89. The number of nitrogens with zero attached hydrogens (tertiary/aromatic N) is 1. The predicted molar refractivity (Wildman–Crippen MR) is 83.9 cm³/mol. The molecule has 0 fully saturated rings. The lowest BCUT2D eigenvalue weighted by atomic mass is 10.3. The van der Waals surface area contributed by atoms with E-state index in [4.69, 9.17) is 0 Å². The highest BCUT2D eigenvalue weighted by atomic mass is 32.2. The Hall–Kier alpha value is -1.22. The van der Waals surface area contributed by atoms with Crippen LogP contribution in [0.4, 0.5) is 0 Å². The van der Waals surface area contributed by atoms with Gasteiger partial charge >= 0.3 is 0 Å². The first kappa shape index (κ1) is 16.2. The summed E-state index contributed by atoms with van der Waals surface area (Å²) in [5.74, 6) is 0. The molecule has 2 aromatic heterocycles. The quantitative estimate of drug-likeness (QED) is 0.751. The number of hydrogen-bond donors (Lipinski definition) is 3. The van der Waals surface area contributed by atoms with Gasteiger partial charge in [0.1, 0.15) is 4.90 Å². The third kappa shape index (κ3) is 3.52. The Labute approximate surface area is 129 Å². The highest BCUT2D eigenvalue weighted by molar-refractivity contribution is 7.89. The number of rotatable bonds is 6. The van der Waals surface area contributed by atoms with E-state index >= 15 is 0 Å². The molecule has 0 atom stereocenters. The highest BCUT2D eigenvalue weighted by Crippen LogP contribution is 2.22. The minimum atomic E-state index is -3.58. The molecule has 0 aliphatic rings. The average molecular weight is 328 g/mol. The average Bonchev–Trinajstić information content (AvgIpc) is 2.92. The number of aromatic nitrogens is 2. The van der Waals surface area contributed by atoms with Crippen molar-refractivity contribution in [3.05, 3.63) is 32.8 Å². The van der Waals surface area contributed by atoms with Gasteiger partial charge in [-0.05, 0) is 39.4 Å². The summed E-state index contributed by atoms with van der Waals surface area (Å²) in [5, 5.41) is 9.70.